The summed E-state index contributed by atoms with van der Waals surface area (Å²) in [6.45, 7) is 2.85. The van der Waals surface area contributed by atoms with Crippen LogP contribution < -0.4 is 5.32 Å². The maximum atomic E-state index is 12.5. The number of carbonyl (C=O) groups is 1. The van der Waals surface area contributed by atoms with E-state index in [0.29, 0.717) is 10.3 Å². The molecule has 10 heteroatoms. The molecule has 7 nitrogen and oxygen atoms in total. The molecule has 1 N–H and O–H groups in total. The van der Waals surface area contributed by atoms with Crippen molar-refractivity contribution in [2.24, 2.45) is 0 Å². The van der Waals surface area contributed by atoms with Crippen LogP contribution in [0, 0.1) is 0 Å². The lowest BCUT2D eigenvalue weighted by Crippen LogP contribution is -2.14. The molecular weight excluding hydrogens is 508 g/mol. The molecule has 5 aromatic rings. The molecular formula is C22H17BrN6OS2. The Morgan fingerprint density at radius 3 is 2.75 bits per heavy atom. The third-order valence-corrected chi connectivity index (χ3v) is 7.02. The summed E-state index contributed by atoms with van der Waals surface area (Å²) in [5, 5.41) is 15.5. The fourth-order valence-corrected chi connectivity index (χ4v) is 5.02. The highest BCUT2D eigenvalue weighted by molar-refractivity contribution is 9.10. The molecule has 0 atom stereocenters. The van der Waals surface area contributed by atoms with Crippen LogP contribution in [0.5, 0.6) is 0 Å². The van der Waals surface area contributed by atoms with E-state index in [4.69, 9.17) is 0 Å². The van der Waals surface area contributed by atoms with Crippen LogP contribution in [-0.4, -0.2) is 36.4 Å². The molecule has 3 heterocycles. The van der Waals surface area contributed by atoms with E-state index in [2.05, 4.69) is 59.0 Å². The van der Waals surface area contributed by atoms with Crippen LogP contribution >= 0.6 is 39.0 Å². The summed E-state index contributed by atoms with van der Waals surface area (Å²) in [4.78, 5) is 21.6. The van der Waals surface area contributed by atoms with Crippen molar-refractivity contribution in [3.63, 3.8) is 0 Å². The molecule has 0 spiro atoms. The predicted molar refractivity (Wildman–Crippen MR) is 133 cm³/mol. The predicted octanol–water partition coefficient (Wildman–Crippen LogP) is 5.62. The number of aromatic nitrogens is 5. The molecule has 32 heavy (non-hydrogen) atoms. The Hall–Kier alpha value is -2.82. The molecule has 0 saturated heterocycles. The van der Waals surface area contributed by atoms with Crippen LogP contribution in [-0.2, 0) is 11.3 Å². The third-order valence-electron chi connectivity index (χ3n) is 4.89. The number of benzene rings is 2. The van der Waals surface area contributed by atoms with Gasteiger partial charge in [0.05, 0.1) is 17.0 Å². The molecule has 1 amide bonds. The number of nitrogens with one attached hydrogen (secondary N) is 1. The molecule has 0 aliphatic carbocycles. The highest BCUT2D eigenvalue weighted by atomic mass is 79.9. The number of para-hydroxylation sites is 1. The van der Waals surface area contributed by atoms with Crippen LogP contribution in [0.3, 0.4) is 0 Å². The van der Waals surface area contributed by atoms with Crippen LogP contribution in [0.1, 0.15) is 6.92 Å². The minimum Gasteiger partial charge on any atom is -0.324 e. The second-order valence-electron chi connectivity index (χ2n) is 6.91. The molecule has 0 fully saturated rings. The van der Waals surface area contributed by atoms with Gasteiger partial charge in [-0.2, -0.15) is 0 Å². The van der Waals surface area contributed by atoms with Crippen molar-refractivity contribution in [1.29, 1.82) is 0 Å². The van der Waals surface area contributed by atoms with Crippen molar-refractivity contribution in [2.75, 3.05) is 11.1 Å². The summed E-state index contributed by atoms with van der Waals surface area (Å²) in [5.41, 5.74) is 4.47. The van der Waals surface area contributed by atoms with Crippen molar-refractivity contribution < 1.29 is 4.79 Å². The second-order valence-corrected chi connectivity index (χ2v) is 9.63. The highest BCUT2D eigenvalue weighted by Crippen LogP contribution is 2.28. The average Bonchev–Trinajstić information content (AvgIpc) is 3.40. The first-order valence-corrected chi connectivity index (χ1v) is 12.5. The van der Waals surface area contributed by atoms with Gasteiger partial charge in [-0.25, -0.2) is 9.97 Å². The van der Waals surface area contributed by atoms with Gasteiger partial charge >= 0.3 is 0 Å². The standard InChI is InChI=1S/C22H17BrN6OS2/c1-2-29-17-6-4-3-5-15(17)19-20(29)26-22(28-27-19)32-12-18(30)25-21-24-16(11-31-21)13-7-9-14(23)10-8-13/h3-11H,2,12H2,1H3,(H,24,25,30). The average molecular weight is 525 g/mol. The molecule has 0 radical (unpaired) electrons. The monoisotopic (exact) mass is 524 g/mol. The number of halogens is 1. The van der Waals surface area contributed by atoms with Crippen LogP contribution in [0.25, 0.3) is 33.3 Å². The first-order valence-electron chi connectivity index (χ1n) is 9.88. The second kappa shape index (κ2) is 8.97. The summed E-state index contributed by atoms with van der Waals surface area (Å²) < 4.78 is 3.12. The number of carbonyl (C=O) groups excluding carboxylic acids is 1. The van der Waals surface area contributed by atoms with Crippen molar-refractivity contribution >= 4 is 72.1 Å². The number of fused-ring (bicyclic) bond motifs is 3. The maximum absolute atomic E-state index is 12.5. The van der Waals surface area contributed by atoms with Crippen molar-refractivity contribution in [2.45, 2.75) is 18.6 Å². The lowest BCUT2D eigenvalue weighted by Gasteiger charge is -2.03. The first-order chi connectivity index (χ1) is 15.6. The Labute approximate surface area is 200 Å². The van der Waals surface area contributed by atoms with E-state index < -0.39 is 0 Å². The van der Waals surface area contributed by atoms with Crippen molar-refractivity contribution in [1.82, 2.24) is 24.7 Å². The van der Waals surface area contributed by atoms with E-state index in [1.54, 1.807) is 0 Å². The van der Waals surface area contributed by atoms with E-state index >= 15 is 0 Å². The number of thioether (sulfide) groups is 1. The molecule has 0 unspecified atom stereocenters. The maximum Gasteiger partial charge on any atom is 0.236 e. The van der Waals surface area contributed by atoms with Gasteiger partial charge < -0.3 is 9.88 Å². The number of anilines is 1. The third kappa shape index (κ3) is 4.13. The quantitative estimate of drug-likeness (QED) is 0.290. The van der Waals surface area contributed by atoms with E-state index in [1.165, 1.54) is 23.1 Å². The number of rotatable bonds is 6. The number of hydrogen-bond acceptors (Lipinski definition) is 7. The number of amides is 1. The Morgan fingerprint density at radius 1 is 1.12 bits per heavy atom. The molecule has 160 valence electrons. The summed E-state index contributed by atoms with van der Waals surface area (Å²) in [6.07, 6.45) is 0. The zero-order valence-electron chi connectivity index (χ0n) is 16.9. The lowest BCUT2D eigenvalue weighted by atomic mass is 10.2. The summed E-state index contributed by atoms with van der Waals surface area (Å²) in [6, 6.07) is 16.0. The number of aryl methyl sites for hydroxylation is 1. The fourth-order valence-electron chi connectivity index (χ4n) is 3.44. The molecule has 0 aliphatic rings. The largest absolute Gasteiger partial charge is 0.324 e. The van der Waals surface area contributed by atoms with Gasteiger partial charge in [0.2, 0.25) is 11.1 Å². The van der Waals surface area contributed by atoms with Crippen molar-refractivity contribution in [3.05, 3.63) is 58.4 Å². The molecule has 2 aromatic carbocycles. The van der Waals surface area contributed by atoms with E-state index in [-0.39, 0.29) is 11.7 Å². The fraction of sp³-hybridized carbons (Fsp3) is 0.136. The summed E-state index contributed by atoms with van der Waals surface area (Å²) in [5.74, 6) is 0.0126. The minimum atomic E-state index is -0.161. The van der Waals surface area contributed by atoms with Gasteiger partial charge in [0.25, 0.3) is 0 Å². The Balaban J connectivity index is 1.28. The zero-order valence-corrected chi connectivity index (χ0v) is 20.2. The van der Waals surface area contributed by atoms with Gasteiger partial charge in [-0.15, -0.1) is 21.5 Å². The minimum absolute atomic E-state index is 0.161. The van der Waals surface area contributed by atoms with Crippen LogP contribution in [0.4, 0.5) is 5.13 Å². The molecule has 5 rings (SSSR count). The van der Waals surface area contributed by atoms with Crippen LogP contribution in [0.2, 0.25) is 0 Å². The highest BCUT2D eigenvalue weighted by Gasteiger charge is 2.15. The molecule has 0 bridgehead atoms. The van der Waals surface area contributed by atoms with Gasteiger partial charge in [0.1, 0.15) is 5.52 Å². The van der Waals surface area contributed by atoms with Gasteiger partial charge in [-0.1, -0.05) is 58.0 Å². The van der Waals surface area contributed by atoms with Gasteiger partial charge in [0, 0.05) is 27.3 Å². The number of thiazole rings is 1. The van der Waals surface area contributed by atoms with E-state index in [1.807, 2.05) is 47.8 Å². The zero-order chi connectivity index (χ0) is 22.1. The Kier molecular flexibility index (Phi) is 5.90. The van der Waals surface area contributed by atoms with Gasteiger partial charge in [-0.05, 0) is 25.1 Å². The van der Waals surface area contributed by atoms with Gasteiger partial charge in [0.15, 0.2) is 10.8 Å². The normalized spacial score (nSPS) is 11.3. The first kappa shape index (κ1) is 21.0. The molecule has 3 aromatic heterocycles. The summed E-state index contributed by atoms with van der Waals surface area (Å²) >= 11 is 6.08. The van der Waals surface area contributed by atoms with Crippen molar-refractivity contribution in [3.8, 4) is 11.3 Å². The van der Waals surface area contributed by atoms with E-state index in [0.717, 1.165) is 44.3 Å². The van der Waals surface area contributed by atoms with E-state index in [9.17, 15) is 4.79 Å². The lowest BCUT2D eigenvalue weighted by molar-refractivity contribution is -0.113. The number of hydrogen-bond donors (Lipinski definition) is 1. The number of nitrogens with zero attached hydrogens (tertiary/aromatic N) is 5. The smallest absolute Gasteiger partial charge is 0.236 e. The molecule has 0 aliphatic heterocycles. The molecule has 0 saturated carbocycles. The van der Waals surface area contributed by atoms with Crippen LogP contribution in [0.15, 0.2) is 63.5 Å². The summed E-state index contributed by atoms with van der Waals surface area (Å²) in [7, 11) is 0. The SMILES string of the molecule is CCn1c2ccccc2c2nnc(SCC(=O)Nc3nc(-c4ccc(Br)cc4)cs3)nc21. The van der Waals surface area contributed by atoms with Gasteiger partial charge in [-0.3, -0.25) is 4.79 Å². The topological polar surface area (TPSA) is 85.6 Å². The Morgan fingerprint density at radius 2 is 1.94 bits per heavy atom. The Bertz CT molecular complexity index is 1430.